The fourth-order valence-electron chi connectivity index (χ4n) is 5.96. The number of hydrogen-bond acceptors (Lipinski definition) is 7. The Morgan fingerprint density at radius 2 is 1.86 bits per heavy atom. The molecule has 1 saturated heterocycles. The molecule has 1 aliphatic heterocycles. The molecule has 0 bridgehead atoms. The molecule has 0 aliphatic carbocycles. The second kappa shape index (κ2) is 13.3. The number of anilines is 1. The van der Waals surface area contributed by atoms with E-state index in [9.17, 15) is 14.0 Å². The minimum atomic E-state index is -0.666. The van der Waals surface area contributed by atoms with Gasteiger partial charge in [0.15, 0.2) is 5.13 Å². The smallest absolute Gasteiger partial charge is 0.410 e. The number of carbonyl (C=O) groups is 2. The van der Waals surface area contributed by atoms with E-state index in [1.807, 2.05) is 56.9 Å². The fourth-order valence-corrected chi connectivity index (χ4v) is 6.81. The van der Waals surface area contributed by atoms with Crippen LogP contribution >= 0.6 is 11.3 Å². The normalized spacial score (nSPS) is 17.7. The average Bonchev–Trinajstić information content (AvgIpc) is 3.49. The molecule has 2 heterocycles. The van der Waals surface area contributed by atoms with Crippen LogP contribution in [-0.4, -0.2) is 53.8 Å². The zero-order valence-corrected chi connectivity index (χ0v) is 26.8. The molecule has 5 rings (SSSR count). The number of amides is 1. The number of hydrogen-bond donors (Lipinski definition) is 0. The van der Waals surface area contributed by atoms with Crippen molar-refractivity contribution in [2.75, 3.05) is 31.1 Å². The van der Waals surface area contributed by atoms with Crippen LogP contribution in [0.4, 0.5) is 14.3 Å². The Balaban J connectivity index is 1.47. The number of piperidine rings is 1. The highest BCUT2D eigenvalue weighted by Crippen LogP contribution is 2.39. The van der Waals surface area contributed by atoms with E-state index in [0.29, 0.717) is 31.1 Å². The predicted octanol–water partition coefficient (Wildman–Crippen LogP) is 8.22. The number of nitrogens with zero attached hydrogens (tertiary/aromatic N) is 3. The van der Waals surface area contributed by atoms with Gasteiger partial charge < -0.3 is 19.3 Å². The highest BCUT2D eigenvalue weighted by atomic mass is 32.1. The maximum Gasteiger partial charge on any atom is 0.410 e. The number of fused-ring (bicyclic) bond motifs is 1. The van der Waals surface area contributed by atoms with Gasteiger partial charge in [-0.1, -0.05) is 65.9 Å². The first-order valence-corrected chi connectivity index (χ1v) is 16.0. The summed E-state index contributed by atoms with van der Waals surface area (Å²) in [5.74, 6) is -0.768. The van der Waals surface area contributed by atoms with Crippen LogP contribution < -0.4 is 4.90 Å². The zero-order chi connectivity index (χ0) is 31.4. The number of halogens is 1. The number of benzene rings is 3. The molecule has 9 heteroatoms. The lowest BCUT2D eigenvalue weighted by molar-refractivity contribution is 0.0120. The maximum absolute atomic E-state index is 14.5. The minimum Gasteiger partial charge on any atom is -0.462 e. The van der Waals surface area contributed by atoms with Gasteiger partial charge >= 0.3 is 12.1 Å². The van der Waals surface area contributed by atoms with E-state index in [4.69, 9.17) is 9.47 Å². The van der Waals surface area contributed by atoms with Crippen molar-refractivity contribution in [3.63, 3.8) is 0 Å². The van der Waals surface area contributed by atoms with Crippen LogP contribution in [0.25, 0.3) is 10.8 Å². The molecule has 232 valence electrons. The lowest BCUT2D eigenvalue weighted by Crippen LogP contribution is -2.47. The summed E-state index contributed by atoms with van der Waals surface area (Å²) in [4.78, 5) is 35.1. The van der Waals surface area contributed by atoms with Gasteiger partial charge in [-0.05, 0) is 81.0 Å². The third-order valence-corrected chi connectivity index (χ3v) is 9.11. The third kappa shape index (κ3) is 7.21. The van der Waals surface area contributed by atoms with Gasteiger partial charge in [0, 0.05) is 25.6 Å². The summed E-state index contributed by atoms with van der Waals surface area (Å²) in [6.07, 6.45) is 1.91. The highest BCUT2D eigenvalue weighted by molar-refractivity contribution is 7.17. The molecule has 4 aromatic rings. The standard InChI is InChI=1S/C35H40FN3O4S/c1-6-42-32(40)31-20-37-33(44-31)38-18-17-26(30(22-38)25-13-9-14-27(36)19-25)21-39(34(41)43-35(3,4)5)23(2)28-16-10-12-24-11-7-8-15-29(24)28/h7-16,19-20,23,26,30H,6,17-18,21-22H2,1-5H3/t23-,26?,30?/m1/s1. The van der Waals surface area contributed by atoms with Crippen molar-refractivity contribution in [1.29, 1.82) is 0 Å². The highest BCUT2D eigenvalue weighted by Gasteiger charge is 2.37. The molecule has 3 aromatic carbocycles. The van der Waals surface area contributed by atoms with Crippen LogP contribution in [0.2, 0.25) is 0 Å². The van der Waals surface area contributed by atoms with Gasteiger partial charge in [0.25, 0.3) is 0 Å². The lowest BCUT2D eigenvalue weighted by atomic mass is 9.80. The number of rotatable bonds is 8. The lowest BCUT2D eigenvalue weighted by Gasteiger charge is -2.42. The Bertz CT molecular complexity index is 1610. The number of carbonyl (C=O) groups excluding carboxylic acids is 2. The van der Waals surface area contributed by atoms with E-state index >= 15 is 0 Å². The van der Waals surface area contributed by atoms with E-state index < -0.39 is 5.60 Å². The quantitative estimate of drug-likeness (QED) is 0.186. The van der Waals surface area contributed by atoms with Crippen LogP contribution in [0, 0.1) is 11.7 Å². The molecule has 2 unspecified atom stereocenters. The SMILES string of the molecule is CCOC(=O)c1cnc(N2CCC(CN(C(=O)OC(C)(C)C)[C@H](C)c3cccc4ccccc34)C(c3cccc(F)c3)C2)s1. The summed E-state index contributed by atoms with van der Waals surface area (Å²) in [6, 6.07) is 20.8. The summed E-state index contributed by atoms with van der Waals surface area (Å²) in [6.45, 7) is 11.4. The van der Waals surface area contributed by atoms with E-state index in [0.717, 1.165) is 33.5 Å². The molecule has 0 saturated carbocycles. The average molecular weight is 618 g/mol. The van der Waals surface area contributed by atoms with Gasteiger partial charge in [-0.3, -0.25) is 0 Å². The first kappa shape index (κ1) is 31.4. The first-order chi connectivity index (χ1) is 21.0. The Labute approximate surface area is 262 Å². The Morgan fingerprint density at radius 1 is 1.11 bits per heavy atom. The summed E-state index contributed by atoms with van der Waals surface area (Å²) in [7, 11) is 0. The molecule has 1 fully saturated rings. The molecule has 0 N–H and O–H groups in total. The maximum atomic E-state index is 14.5. The summed E-state index contributed by atoms with van der Waals surface area (Å²) >= 11 is 1.30. The van der Waals surface area contributed by atoms with Gasteiger partial charge in [0.2, 0.25) is 0 Å². The second-order valence-electron chi connectivity index (χ2n) is 12.3. The third-order valence-electron chi connectivity index (χ3n) is 8.07. The van der Waals surface area contributed by atoms with Crippen LogP contribution in [0.3, 0.4) is 0 Å². The van der Waals surface area contributed by atoms with Crippen LogP contribution in [0.1, 0.15) is 73.8 Å². The van der Waals surface area contributed by atoms with Crippen LogP contribution in [0.5, 0.6) is 0 Å². The topological polar surface area (TPSA) is 72.0 Å². The minimum absolute atomic E-state index is 0.0162. The number of thiazole rings is 1. The predicted molar refractivity (Wildman–Crippen MR) is 173 cm³/mol. The first-order valence-electron chi connectivity index (χ1n) is 15.1. The molecule has 44 heavy (non-hydrogen) atoms. The van der Waals surface area contributed by atoms with E-state index in [1.54, 1.807) is 25.3 Å². The van der Waals surface area contributed by atoms with Crippen molar-refractivity contribution in [3.8, 4) is 0 Å². The van der Waals surface area contributed by atoms with Crippen molar-refractivity contribution in [1.82, 2.24) is 9.88 Å². The Kier molecular flexibility index (Phi) is 9.53. The van der Waals surface area contributed by atoms with Crippen molar-refractivity contribution in [2.24, 2.45) is 5.92 Å². The van der Waals surface area contributed by atoms with Crippen LogP contribution in [-0.2, 0) is 9.47 Å². The molecule has 7 nitrogen and oxygen atoms in total. The summed E-state index contributed by atoms with van der Waals surface area (Å²) < 4.78 is 25.7. The summed E-state index contributed by atoms with van der Waals surface area (Å²) in [5, 5.41) is 2.92. The molecule has 1 aromatic heterocycles. The van der Waals surface area contributed by atoms with Gasteiger partial charge in [-0.15, -0.1) is 0 Å². The molecular formula is C35H40FN3O4S. The van der Waals surface area contributed by atoms with E-state index in [-0.39, 0.29) is 35.8 Å². The molecule has 1 amide bonds. The molecular weight excluding hydrogens is 577 g/mol. The summed E-state index contributed by atoms with van der Waals surface area (Å²) in [5.41, 5.74) is 1.24. The van der Waals surface area contributed by atoms with Gasteiger partial charge in [-0.2, -0.15) is 0 Å². The van der Waals surface area contributed by atoms with Crippen molar-refractivity contribution in [2.45, 2.75) is 58.6 Å². The Morgan fingerprint density at radius 3 is 2.61 bits per heavy atom. The fraction of sp³-hybridized carbons (Fsp3) is 0.400. The number of aromatic nitrogens is 1. The van der Waals surface area contributed by atoms with Gasteiger partial charge in [0.1, 0.15) is 16.3 Å². The Hall–Kier alpha value is -3.98. The largest absolute Gasteiger partial charge is 0.462 e. The van der Waals surface area contributed by atoms with E-state index in [2.05, 4.69) is 34.1 Å². The second-order valence-corrected chi connectivity index (χ2v) is 13.3. The monoisotopic (exact) mass is 617 g/mol. The molecule has 1 aliphatic rings. The number of ether oxygens (including phenoxy) is 2. The van der Waals surface area contributed by atoms with E-state index in [1.165, 1.54) is 17.4 Å². The number of esters is 1. The molecule has 0 spiro atoms. The van der Waals surface area contributed by atoms with Gasteiger partial charge in [0.05, 0.1) is 18.8 Å². The van der Waals surface area contributed by atoms with Crippen molar-refractivity contribution in [3.05, 3.63) is 94.7 Å². The van der Waals surface area contributed by atoms with Crippen LogP contribution in [0.15, 0.2) is 72.9 Å². The van der Waals surface area contributed by atoms with Crippen molar-refractivity contribution >= 4 is 39.3 Å². The van der Waals surface area contributed by atoms with Crippen molar-refractivity contribution < 1.29 is 23.5 Å². The zero-order valence-electron chi connectivity index (χ0n) is 26.0. The van der Waals surface area contributed by atoms with Gasteiger partial charge in [-0.25, -0.2) is 19.0 Å². The molecule has 3 atom stereocenters. The molecule has 0 radical (unpaired) electrons.